The lowest BCUT2D eigenvalue weighted by molar-refractivity contribution is -0.127. The topological polar surface area (TPSA) is 41.6 Å². The molecule has 1 aliphatic rings. The van der Waals surface area contributed by atoms with Gasteiger partial charge in [-0.15, -0.1) is 0 Å². The van der Waals surface area contributed by atoms with Crippen molar-refractivity contribution in [2.24, 2.45) is 0 Å². The Hall–Kier alpha value is -1.81. The van der Waals surface area contributed by atoms with Crippen LogP contribution in [0.4, 0.5) is 0 Å². The Morgan fingerprint density at radius 1 is 1.25 bits per heavy atom. The van der Waals surface area contributed by atoms with E-state index in [1.165, 1.54) is 0 Å². The molecule has 1 amide bonds. The number of methoxy groups -OCH3 is 1. The maximum atomic E-state index is 12.2. The third-order valence-electron chi connectivity index (χ3n) is 3.40. The molecule has 2 unspecified atom stereocenters. The van der Waals surface area contributed by atoms with Gasteiger partial charge in [0.2, 0.25) is 5.91 Å². The Balaban J connectivity index is 1.97. The Morgan fingerprint density at radius 2 is 1.85 bits per heavy atom. The minimum absolute atomic E-state index is 0.0704. The molecule has 0 aliphatic carbocycles. The van der Waals surface area contributed by atoms with Crippen molar-refractivity contribution in [3.63, 3.8) is 0 Å². The van der Waals surface area contributed by atoms with E-state index in [4.69, 9.17) is 4.74 Å². The van der Waals surface area contributed by atoms with Gasteiger partial charge in [0.25, 0.3) is 0 Å². The van der Waals surface area contributed by atoms with Crippen LogP contribution in [0.15, 0.2) is 30.3 Å². The average molecular weight is 274 g/mol. The molecule has 0 saturated carbocycles. The Kier molecular flexibility index (Phi) is 4.79. The third kappa shape index (κ3) is 3.84. The summed E-state index contributed by atoms with van der Waals surface area (Å²) in [6.45, 7) is 5.72. The summed E-state index contributed by atoms with van der Waals surface area (Å²) in [6.07, 6.45) is 3.49. The van der Waals surface area contributed by atoms with E-state index in [-0.39, 0.29) is 5.91 Å². The fraction of sp³-hybridized carbons (Fsp3) is 0.438. The van der Waals surface area contributed by atoms with Crippen LogP contribution in [0.25, 0.3) is 6.08 Å². The van der Waals surface area contributed by atoms with Crippen LogP contribution < -0.4 is 10.1 Å². The van der Waals surface area contributed by atoms with Gasteiger partial charge in [-0.3, -0.25) is 4.79 Å². The number of hydrogen-bond acceptors (Lipinski definition) is 3. The van der Waals surface area contributed by atoms with Crippen LogP contribution >= 0.6 is 0 Å². The van der Waals surface area contributed by atoms with Crippen LogP contribution in [0.5, 0.6) is 5.75 Å². The zero-order valence-corrected chi connectivity index (χ0v) is 12.3. The summed E-state index contributed by atoms with van der Waals surface area (Å²) in [7, 11) is 1.64. The predicted molar refractivity (Wildman–Crippen MR) is 80.7 cm³/mol. The van der Waals surface area contributed by atoms with Crippen molar-refractivity contribution in [3.05, 3.63) is 35.9 Å². The quantitative estimate of drug-likeness (QED) is 0.856. The number of ether oxygens (including phenoxy) is 1. The SMILES string of the molecule is COc1ccc(C=CC(=O)N2CC(C)NC(C)C2)cc1. The molecule has 4 heteroatoms. The molecule has 2 rings (SSSR count). The largest absolute Gasteiger partial charge is 0.497 e. The van der Waals surface area contributed by atoms with Gasteiger partial charge in [-0.05, 0) is 37.6 Å². The second-order valence-electron chi connectivity index (χ2n) is 5.32. The van der Waals surface area contributed by atoms with Gasteiger partial charge in [-0.25, -0.2) is 0 Å². The van der Waals surface area contributed by atoms with Gasteiger partial charge in [0.05, 0.1) is 7.11 Å². The van der Waals surface area contributed by atoms with Gasteiger partial charge < -0.3 is 15.0 Å². The fourth-order valence-corrected chi connectivity index (χ4v) is 2.49. The smallest absolute Gasteiger partial charge is 0.246 e. The average Bonchev–Trinajstić information content (AvgIpc) is 2.44. The minimum Gasteiger partial charge on any atom is -0.497 e. The van der Waals surface area contributed by atoms with Gasteiger partial charge >= 0.3 is 0 Å². The highest BCUT2D eigenvalue weighted by Crippen LogP contribution is 2.13. The highest BCUT2D eigenvalue weighted by Gasteiger charge is 2.23. The van der Waals surface area contributed by atoms with E-state index in [1.807, 2.05) is 35.2 Å². The van der Waals surface area contributed by atoms with E-state index in [1.54, 1.807) is 13.2 Å². The molecule has 0 bridgehead atoms. The molecule has 0 radical (unpaired) electrons. The van der Waals surface area contributed by atoms with Gasteiger partial charge in [0, 0.05) is 31.2 Å². The number of carbonyl (C=O) groups excluding carboxylic acids is 1. The lowest BCUT2D eigenvalue weighted by Gasteiger charge is -2.35. The first kappa shape index (κ1) is 14.6. The number of amides is 1. The maximum absolute atomic E-state index is 12.2. The number of piperazine rings is 1. The Morgan fingerprint density at radius 3 is 2.40 bits per heavy atom. The molecule has 1 N–H and O–H groups in total. The highest BCUT2D eigenvalue weighted by atomic mass is 16.5. The van der Waals surface area contributed by atoms with Crippen LogP contribution in [-0.4, -0.2) is 43.1 Å². The van der Waals surface area contributed by atoms with E-state index in [2.05, 4.69) is 19.2 Å². The molecule has 1 saturated heterocycles. The van der Waals surface area contributed by atoms with E-state index >= 15 is 0 Å². The highest BCUT2D eigenvalue weighted by molar-refractivity contribution is 5.91. The van der Waals surface area contributed by atoms with Gasteiger partial charge in [0.1, 0.15) is 5.75 Å². The summed E-state index contributed by atoms with van der Waals surface area (Å²) in [5, 5.41) is 3.42. The molecular weight excluding hydrogens is 252 g/mol. The van der Waals surface area contributed by atoms with Crippen molar-refractivity contribution >= 4 is 12.0 Å². The molecule has 0 spiro atoms. The van der Waals surface area contributed by atoms with Gasteiger partial charge in [-0.2, -0.15) is 0 Å². The fourth-order valence-electron chi connectivity index (χ4n) is 2.49. The second kappa shape index (κ2) is 6.57. The molecule has 4 nitrogen and oxygen atoms in total. The van der Waals surface area contributed by atoms with Crippen molar-refractivity contribution in [3.8, 4) is 5.75 Å². The standard InChI is InChI=1S/C16H22N2O2/c1-12-10-18(11-13(2)17-12)16(19)9-6-14-4-7-15(20-3)8-5-14/h4-9,12-13,17H,10-11H2,1-3H3. The molecule has 1 heterocycles. The molecule has 1 aromatic rings. The Bertz CT molecular complexity index is 472. The van der Waals surface area contributed by atoms with Crippen LogP contribution in [-0.2, 0) is 4.79 Å². The Labute approximate surface area is 120 Å². The first-order valence-corrected chi connectivity index (χ1v) is 6.95. The van der Waals surface area contributed by atoms with E-state index < -0.39 is 0 Å². The van der Waals surface area contributed by atoms with Crippen LogP contribution in [0, 0.1) is 0 Å². The molecule has 20 heavy (non-hydrogen) atoms. The zero-order chi connectivity index (χ0) is 14.5. The number of nitrogens with one attached hydrogen (secondary N) is 1. The normalized spacial score (nSPS) is 23.1. The first-order valence-electron chi connectivity index (χ1n) is 6.95. The maximum Gasteiger partial charge on any atom is 0.246 e. The number of nitrogens with zero attached hydrogens (tertiary/aromatic N) is 1. The summed E-state index contributed by atoms with van der Waals surface area (Å²) in [4.78, 5) is 14.1. The summed E-state index contributed by atoms with van der Waals surface area (Å²) in [6, 6.07) is 8.34. The van der Waals surface area contributed by atoms with E-state index in [9.17, 15) is 4.79 Å². The van der Waals surface area contributed by atoms with Crippen molar-refractivity contribution in [2.75, 3.05) is 20.2 Å². The third-order valence-corrected chi connectivity index (χ3v) is 3.40. The van der Waals surface area contributed by atoms with Crippen LogP contribution in [0.3, 0.4) is 0 Å². The predicted octanol–water partition coefficient (Wildman–Crippen LogP) is 1.92. The number of hydrogen-bond donors (Lipinski definition) is 1. The molecule has 108 valence electrons. The van der Waals surface area contributed by atoms with Gasteiger partial charge in [0.15, 0.2) is 0 Å². The summed E-state index contributed by atoms with van der Waals surface area (Å²) >= 11 is 0. The van der Waals surface area contributed by atoms with Crippen LogP contribution in [0.1, 0.15) is 19.4 Å². The minimum atomic E-state index is 0.0704. The summed E-state index contributed by atoms with van der Waals surface area (Å²) in [5.41, 5.74) is 0.996. The second-order valence-corrected chi connectivity index (χ2v) is 5.32. The van der Waals surface area contributed by atoms with E-state index in [0.29, 0.717) is 12.1 Å². The van der Waals surface area contributed by atoms with Crippen molar-refractivity contribution in [1.29, 1.82) is 0 Å². The summed E-state index contributed by atoms with van der Waals surface area (Å²) < 4.78 is 5.11. The molecular formula is C16H22N2O2. The number of rotatable bonds is 3. The van der Waals surface area contributed by atoms with Crippen molar-refractivity contribution in [2.45, 2.75) is 25.9 Å². The monoisotopic (exact) mass is 274 g/mol. The molecule has 2 atom stereocenters. The lowest BCUT2D eigenvalue weighted by atomic mass is 10.1. The number of benzene rings is 1. The molecule has 1 aliphatic heterocycles. The van der Waals surface area contributed by atoms with Crippen LogP contribution in [0.2, 0.25) is 0 Å². The molecule has 0 aromatic heterocycles. The lowest BCUT2D eigenvalue weighted by Crippen LogP contribution is -2.55. The number of carbonyl (C=O) groups is 1. The van der Waals surface area contributed by atoms with E-state index in [0.717, 1.165) is 24.4 Å². The molecule has 1 fully saturated rings. The van der Waals surface area contributed by atoms with Gasteiger partial charge in [-0.1, -0.05) is 12.1 Å². The molecule has 1 aromatic carbocycles. The van der Waals surface area contributed by atoms with Crippen molar-refractivity contribution < 1.29 is 9.53 Å². The summed E-state index contributed by atoms with van der Waals surface area (Å²) in [5.74, 6) is 0.888. The zero-order valence-electron chi connectivity index (χ0n) is 12.3. The first-order chi connectivity index (χ1) is 9.58. The van der Waals surface area contributed by atoms with Crippen molar-refractivity contribution in [1.82, 2.24) is 10.2 Å².